The first-order valence-electron chi connectivity index (χ1n) is 6.18. The lowest BCUT2D eigenvalue weighted by Gasteiger charge is -2.10. The topological polar surface area (TPSA) is 37.8 Å². The number of aromatic nitrogens is 2. The highest BCUT2D eigenvalue weighted by atomic mass is 14.9. The van der Waals surface area contributed by atoms with Crippen LogP contribution in [0.25, 0.3) is 0 Å². The van der Waals surface area contributed by atoms with E-state index >= 15 is 0 Å². The van der Waals surface area contributed by atoms with Crippen molar-refractivity contribution in [3.8, 4) is 0 Å². The number of hydrogen-bond acceptors (Lipinski definition) is 3. The summed E-state index contributed by atoms with van der Waals surface area (Å²) in [6.45, 7) is 10.4. The van der Waals surface area contributed by atoms with Gasteiger partial charge in [-0.3, -0.25) is 0 Å². The smallest absolute Gasteiger partial charge is 0.132 e. The van der Waals surface area contributed by atoms with Crippen LogP contribution in [-0.2, 0) is 6.54 Å². The van der Waals surface area contributed by atoms with Gasteiger partial charge in [-0.2, -0.15) is 0 Å². The fourth-order valence-corrected chi connectivity index (χ4v) is 2.12. The number of hydrogen-bond donors (Lipinski definition) is 1. The fourth-order valence-electron chi connectivity index (χ4n) is 2.12. The Labute approximate surface area is 97.7 Å². The van der Waals surface area contributed by atoms with Gasteiger partial charge in [0.25, 0.3) is 0 Å². The van der Waals surface area contributed by atoms with Crippen LogP contribution >= 0.6 is 0 Å². The number of nitrogens with one attached hydrogen (secondary N) is 1. The second kappa shape index (κ2) is 4.50. The van der Waals surface area contributed by atoms with Gasteiger partial charge in [-0.1, -0.05) is 13.8 Å². The van der Waals surface area contributed by atoms with Crippen molar-refractivity contribution in [3.05, 3.63) is 22.8 Å². The van der Waals surface area contributed by atoms with Crippen molar-refractivity contribution < 1.29 is 0 Å². The summed E-state index contributed by atoms with van der Waals surface area (Å²) in [5.74, 6) is 2.45. The minimum Gasteiger partial charge on any atom is -0.313 e. The molecule has 1 heterocycles. The van der Waals surface area contributed by atoms with Crippen LogP contribution in [0.4, 0.5) is 0 Å². The lowest BCUT2D eigenvalue weighted by molar-refractivity contribution is 0.702. The van der Waals surface area contributed by atoms with E-state index in [2.05, 4.69) is 43.0 Å². The second-order valence-electron chi connectivity index (χ2n) is 4.83. The third-order valence-corrected chi connectivity index (χ3v) is 3.43. The molecule has 1 N–H and O–H groups in total. The van der Waals surface area contributed by atoms with E-state index in [9.17, 15) is 0 Å². The van der Waals surface area contributed by atoms with Gasteiger partial charge in [0, 0.05) is 29.4 Å². The third kappa shape index (κ3) is 2.24. The Morgan fingerprint density at radius 1 is 1.25 bits per heavy atom. The lowest BCUT2D eigenvalue weighted by Crippen LogP contribution is -2.16. The maximum Gasteiger partial charge on any atom is 0.132 e. The van der Waals surface area contributed by atoms with Crippen LogP contribution in [0.5, 0.6) is 0 Å². The molecular formula is C13H21N3. The summed E-state index contributed by atoms with van der Waals surface area (Å²) in [4.78, 5) is 9.30. The van der Waals surface area contributed by atoms with Crippen molar-refractivity contribution in [2.45, 2.75) is 46.6 Å². The Morgan fingerprint density at radius 3 is 2.25 bits per heavy atom. The molecule has 0 amide bonds. The molecule has 1 aromatic rings. The zero-order chi connectivity index (χ0) is 11.7. The minimum absolute atomic E-state index is 0.616. The van der Waals surface area contributed by atoms with Crippen molar-refractivity contribution in [1.29, 1.82) is 0 Å². The minimum atomic E-state index is 0.616. The molecular weight excluding hydrogens is 198 g/mol. The molecule has 1 saturated carbocycles. The molecule has 2 rings (SSSR count). The van der Waals surface area contributed by atoms with E-state index < -0.39 is 0 Å². The number of aryl methyl sites for hydroxylation is 2. The van der Waals surface area contributed by atoms with Gasteiger partial charge in [-0.25, -0.2) is 9.97 Å². The van der Waals surface area contributed by atoms with Crippen LogP contribution in [0.1, 0.15) is 49.0 Å². The standard InChI is InChI=1S/C13H21N3/c1-5-14-7-12-9(3)15-13(16-10(12)4)11-6-8(11)2/h8,11,14H,5-7H2,1-4H3. The maximum atomic E-state index is 4.65. The molecule has 16 heavy (non-hydrogen) atoms. The SMILES string of the molecule is CCNCc1c(C)nc(C2CC2C)nc1C. The van der Waals surface area contributed by atoms with Gasteiger partial charge in [0.15, 0.2) is 0 Å². The molecule has 2 unspecified atom stereocenters. The van der Waals surface area contributed by atoms with Crippen molar-refractivity contribution in [3.63, 3.8) is 0 Å². The summed E-state index contributed by atoms with van der Waals surface area (Å²) in [6.07, 6.45) is 1.26. The zero-order valence-electron chi connectivity index (χ0n) is 10.7. The first-order chi connectivity index (χ1) is 7.63. The monoisotopic (exact) mass is 219 g/mol. The first kappa shape index (κ1) is 11.5. The highest BCUT2D eigenvalue weighted by Crippen LogP contribution is 2.45. The number of nitrogens with zero attached hydrogens (tertiary/aromatic N) is 2. The van der Waals surface area contributed by atoms with Gasteiger partial charge in [-0.15, -0.1) is 0 Å². The van der Waals surface area contributed by atoms with Crippen molar-refractivity contribution >= 4 is 0 Å². The molecule has 2 atom stereocenters. The Balaban J connectivity index is 2.21. The number of rotatable bonds is 4. The van der Waals surface area contributed by atoms with E-state index in [1.165, 1.54) is 12.0 Å². The van der Waals surface area contributed by atoms with Crippen LogP contribution in [0.2, 0.25) is 0 Å². The van der Waals surface area contributed by atoms with E-state index in [1.54, 1.807) is 0 Å². The van der Waals surface area contributed by atoms with Gasteiger partial charge < -0.3 is 5.32 Å². The largest absolute Gasteiger partial charge is 0.313 e. The molecule has 0 bridgehead atoms. The summed E-state index contributed by atoms with van der Waals surface area (Å²) in [5, 5.41) is 3.34. The molecule has 1 aromatic heterocycles. The summed E-state index contributed by atoms with van der Waals surface area (Å²) < 4.78 is 0. The van der Waals surface area contributed by atoms with Crippen LogP contribution in [-0.4, -0.2) is 16.5 Å². The average molecular weight is 219 g/mol. The molecule has 3 nitrogen and oxygen atoms in total. The van der Waals surface area contributed by atoms with Gasteiger partial charge in [-0.05, 0) is 32.7 Å². The van der Waals surface area contributed by atoms with Crippen LogP contribution in [0.15, 0.2) is 0 Å². The van der Waals surface area contributed by atoms with Crippen molar-refractivity contribution in [2.24, 2.45) is 5.92 Å². The Hall–Kier alpha value is -0.960. The molecule has 0 aromatic carbocycles. The zero-order valence-corrected chi connectivity index (χ0v) is 10.7. The first-order valence-corrected chi connectivity index (χ1v) is 6.18. The quantitative estimate of drug-likeness (QED) is 0.844. The van der Waals surface area contributed by atoms with Crippen LogP contribution in [0, 0.1) is 19.8 Å². The highest BCUT2D eigenvalue weighted by molar-refractivity contribution is 5.26. The van der Waals surface area contributed by atoms with Gasteiger partial charge >= 0.3 is 0 Å². The van der Waals surface area contributed by atoms with Gasteiger partial charge in [0.2, 0.25) is 0 Å². The lowest BCUT2D eigenvalue weighted by atomic mass is 10.1. The molecule has 0 radical (unpaired) electrons. The summed E-state index contributed by atoms with van der Waals surface area (Å²) in [5.41, 5.74) is 3.55. The Bertz CT molecular complexity index is 364. The molecule has 1 aliphatic carbocycles. The molecule has 0 saturated heterocycles. The van der Waals surface area contributed by atoms with E-state index in [4.69, 9.17) is 0 Å². The van der Waals surface area contributed by atoms with Crippen molar-refractivity contribution in [2.75, 3.05) is 6.54 Å². The predicted octanol–water partition coefficient (Wildman–Crippen LogP) is 2.33. The molecule has 0 aliphatic heterocycles. The maximum absolute atomic E-state index is 4.65. The van der Waals surface area contributed by atoms with Crippen LogP contribution in [0.3, 0.4) is 0 Å². The predicted molar refractivity (Wildman–Crippen MR) is 65.4 cm³/mol. The van der Waals surface area contributed by atoms with Crippen molar-refractivity contribution in [1.82, 2.24) is 15.3 Å². The van der Waals surface area contributed by atoms with Gasteiger partial charge in [0.05, 0.1) is 0 Å². The Kier molecular flexibility index (Phi) is 3.24. The Morgan fingerprint density at radius 2 is 1.81 bits per heavy atom. The molecule has 3 heteroatoms. The third-order valence-electron chi connectivity index (χ3n) is 3.43. The second-order valence-corrected chi connectivity index (χ2v) is 4.83. The molecule has 0 spiro atoms. The normalized spacial score (nSPS) is 23.5. The molecule has 1 aliphatic rings. The van der Waals surface area contributed by atoms with E-state index in [0.29, 0.717) is 5.92 Å². The van der Waals surface area contributed by atoms with E-state index in [-0.39, 0.29) is 0 Å². The fraction of sp³-hybridized carbons (Fsp3) is 0.692. The van der Waals surface area contributed by atoms with Gasteiger partial charge in [0.1, 0.15) is 5.82 Å². The molecule has 1 fully saturated rings. The van der Waals surface area contributed by atoms with E-state index in [1.807, 2.05) is 0 Å². The highest BCUT2D eigenvalue weighted by Gasteiger charge is 2.36. The van der Waals surface area contributed by atoms with E-state index in [0.717, 1.165) is 36.2 Å². The summed E-state index contributed by atoms with van der Waals surface area (Å²) in [6, 6.07) is 0. The summed E-state index contributed by atoms with van der Waals surface area (Å²) in [7, 11) is 0. The molecule has 88 valence electrons. The average Bonchev–Trinajstić information content (AvgIpc) is 2.94. The van der Waals surface area contributed by atoms with Crippen LogP contribution < -0.4 is 5.32 Å². The summed E-state index contributed by atoms with van der Waals surface area (Å²) >= 11 is 0.